The zero-order valence-electron chi connectivity index (χ0n) is 10.9. The average Bonchev–Trinajstić information content (AvgIpc) is 2.91. The van der Waals surface area contributed by atoms with Crippen molar-refractivity contribution in [2.75, 3.05) is 0 Å². The molecule has 21 heavy (non-hydrogen) atoms. The molecule has 0 saturated heterocycles. The van der Waals surface area contributed by atoms with Crippen LogP contribution in [0.25, 0.3) is 10.4 Å². The molecule has 0 radical (unpaired) electrons. The zero-order chi connectivity index (χ0) is 14.8. The van der Waals surface area contributed by atoms with Crippen molar-refractivity contribution < 1.29 is 4.39 Å². The van der Waals surface area contributed by atoms with Crippen LogP contribution in [0.2, 0.25) is 5.02 Å². The van der Waals surface area contributed by atoms with Crippen LogP contribution >= 0.6 is 38.9 Å². The Hall–Kier alpha value is -1.16. The Morgan fingerprint density at radius 2 is 1.90 bits per heavy atom. The third-order valence-corrected chi connectivity index (χ3v) is 5.14. The van der Waals surface area contributed by atoms with Gasteiger partial charge in [0.15, 0.2) is 0 Å². The Kier molecular flexibility index (Phi) is 4.43. The van der Waals surface area contributed by atoms with Gasteiger partial charge >= 0.3 is 0 Å². The van der Waals surface area contributed by atoms with Gasteiger partial charge in [0.05, 0.1) is 0 Å². The van der Waals surface area contributed by atoms with Crippen molar-refractivity contribution in [1.29, 1.82) is 0 Å². The van der Waals surface area contributed by atoms with Crippen molar-refractivity contribution in [3.05, 3.63) is 80.4 Å². The summed E-state index contributed by atoms with van der Waals surface area (Å²) in [5, 5.41) is 0.763. The van der Waals surface area contributed by atoms with E-state index in [1.807, 2.05) is 30.3 Å². The molecule has 0 spiro atoms. The highest BCUT2D eigenvalue weighted by Gasteiger charge is 2.07. The van der Waals surface area contributed by atoms with Crippen LogP contribution < -0.4 is 0 Å². The largest absolute Gasteiger partial charge is 0.207 e. The van der Waals surface area contributed by atoms with Crippen LogP contribution in [0.1, 0.15) is 10.4 Å². The first-order valence-corrected chi connectivity index (χ1v) is 8.39. The van der Waals surface area contributed by atoms with Gasteiger partial charge in [0, 0.05) is 25.7 Å². The predicted molar refractivity (Wildman–Crippen MR) is 91.7 cm³/mol. The molecule has 0 nitrogen and oxygen atoms in total. The number of hydrogen-bond donors (Lipinski definition) is 0. The normalized spacial score (nSPS) is 10.8. The third kappa shape index (κ3) is 3.54. The van der Waals surface area contributed by atoms with Crippen LogP contribution in [-0.2, 0) is 6.42 Å². The predicted octanol–water partition coefficient (Wildman–Crippen LogP) is 6.56. The number of hydrogen-bond acceptors (Lipinski definition) is 1. The molecule has 0 aliphatic heterocycles. The molecule has 3 aromatic rings. The Labute approximate surface area is 140 Å². The Morgan fingerprint density at radius 3 is 2.71 bits per heavy atom. The molecule has 1 aromatic heterocycles. The molecule has 0 saturated carbocycles. The van der Waals surface area contributed by atoms with Crippen molar-refractivity contribution in [2.24, 2.45) is 0 Å². The van der Waals surface area contributed by atoms with Crippen LogP contribution in [0.3, 0.4) is 0 Å². The number of benzene rings is 2. The minimum Gasteiger partial charge on any atom is -0.207 e. The van der Waals surface area contributed by atoms with Crippen LogP contribution in [0, 0.1) is 5.82 Å². The fourth-order valence-corrected chi connectivity index (χ4v) is 3.76. The van der Waals surface area contributed by atoms with Gasteiger partial charge in [-0.15, -0.1) is 11.3 Å². The van der Waals surface area contributed by atoms with Crippen molar-refractivity contribution in [3.8, 4) is 10.4 Å². The first-order chi connectivity index (χ1) is 10.1. The van der Waals surface area contributed by atoms with Gasteiger partial charge in [-0.25, -0.2) is 4.39 Å². The fraction of sp³-hybridized carbons (Fsp3) is 0.0588. The summed E-state index contributed by atoms with van der Waals surface area (Å²) in [5.74, 6) is -0.211. The van der Waals surface area contributed by atoms with Gasteiger partial charge in [-0.3, -0.25) is 0 Å². The highest BCUT2D eigenvalue weighted by atomic mass is 79.9. The first-order valence-electron chi connectivity index (χ1n) is 6.40. The first kappa shape index (κ1) is 14.8. The molecule has 0 atom stereocenters. The van der Waals surface area contributed by atoms with Crippen LogP contribution in [-0.4, -0.2) is 0 Å². The maximum absolute atomic E-state index is 13.3. The van der Waals surface area contributed by atoms with Crippen molar-refractivity contribution >= 4 is 38.9 Å². The number of rotatable bonds is 3. The number of thiophene rings is 1. The standard InChI is InChI=1S/C17H11BrClFS/c18-13-4-6-16(19)12(8-13)10-15-5-7-17(21-15)11-2-1-3-14(20)9-11/h1-9H,10H2. The van der Waals surface area contributed by atoms with Crippen molar-refractivity contribution in [2.45, 2.75) is 6.42 Å². The van der Waals surface area contributed by atoms with E-state index < -0.39 is 0 Å². The topological polar surface area (TPSA) is 0 Å². The van der Waals surface area contributed by atoms with E-state index in [1.54, 1.807) is 23.5 Å². The molecule has 0 unspecified atom stereocenters. The summed E-state index contributed by atoms with van der Waals surface area (Å²) in [4.78, 5) is 2.27. The Morgan fingerprint density at radius 1 is 1.05 bits per heavy atom. The molecule has 106 valence electrons. The van der Waals surface area contributed by atoms with Gasteiger partial charge < -0.3 is 0 Å². The van der Waals surface area contributed by atoms with Gasteiger partial charge in [-0.05, 0) is 53.6 Å². The molecule has 0 N–H and O–H groups in total. The summed E-state index contributed by atoms with van der Waals surface area (Å²) in [6.45, 7) is 0. The second-order valence-electron chi connectivity index (χ2n) is 4.69. The molecule has 0 aliphatic rings. The van der Waals surface area contributed by atoms with E-state index in [-0.39, 0.29) is 5.82 Å². The summed E-state index contributed by atoms with van der Waals surface area (Å²) < 4.78 is 14.3. The van der Waals surface area contributed by atoms with Gasteiger partial charge in [-0.1, -0.05) is 39.7 Å². The van der Waals surface area contributed by atoms with Gasteiger partial charge in [0.1, 0.15) is 5.82 Å². The van der Waals surface area contributed by atoms with Gasteiger partial charge in [0.2, 0.25) is 0 Å². The minimum atomic E-state index is -0.211. The minimum absolute atomic E-state index is 0.211. The van der Waals surface area contributed by atoms with E-state index >= 15 is 0 Å². The fourth-order valence-electron chi connectivity index (χ4n) is 2.14. The second-order valence-corrected chi connectivity index (χ2v) is 7.18. The summed E-state index contributed by atoms with van der Waals surface area (Å²) in [6.07, 6.45) is 0.776. The SMILES string of the molecule is Fc1cccc(-c2ccc(Cc3cc(Br)ccc3Cl)s2)c1. The van der Waals surface area contributed by atoms with E-state index in [0.29, 0.717) is 0 Å². The van der Waals surface area contributed by atoms with E-state index in [2.05, 4.69) is 22.0 Å². The molecule has 4 heteroatoms. The number of halogens is 3. The zero-order valence-corrected chi connectivity index (χ0v) is 14.1. The summed E-state index contributed by atoms with van der Waals surface area (Å²) >= 11 is 11.4. The lowest BCUT2D eigenvalue weighted by molar-refractivity contribution is 0.628. The van der Waals surface area contributed by atoms with Crippen LogP contribution in [0.4, 0.5) is 4.39 Å². The van der Waals surface area contributed by atoms with E-state index in [4.69, 9.17) is 11.6 Å². The molecule has 0 amide bonds. The van der Waals surface area contributed by atoms with Gasteiger partial charge in [0.25, 0.3) is 0 Å². The molecule has 1 heterocycles. The summed E-state index contributed by atoms with van der Waals surface area (Å²) in [5.41, 5.74) is 1.99. The summed E-state index contributed by atoms with van der Waals surface area (Å²) in [6, 6.07) is 16.6. The maximum atomic E-state index is 13.3. The lowest BCUT2D eigenvalue weighted by Crippen LogP contribution is -1.86. The second kappa shape index (κ2) is 6.30. The van der Waals surface area contributed by atoms with Crippen LogP contribution in [0.15, 0.2) is 59.1 Å². The summed E-state index contributed by atoms with van der Waals surface area (Å²) in [7, 11) is 0. The Balaban J connectivity index is 1.87. The molecular weight excluding hydrogens is 371 g/mol. The van der Waals surface area contributed by atoms with Gasteiger partial charge in [-0.2, -0.15) is 0 Å². The molecule has 3 rings (SSSR count). The van der Waals surface area contributed by atoms with E-state index in [9.17, 15) is 4.39 Å². The van der Waals surface area contributed by atoms with Crippen LogP contribution in [0.5, 0.6) is 0 Å². The average molecular weight is 382 g/mol. The molecule has 2 aromatic carbocycles. The van der Waals surface area contributed by atoms with E-state index in [0.717, 1.165) is 31.9 Å². The smallest absolute Gasteiger partial charge is 0.123 e. The Bertz CT molecular complexity index is 782. The molecule has 0 bridgehead atoms. The molecule has 0 fully saturated rings. The van der Waals surface area contributed by atoms with Crippen molar-refractivity contribution in [1.82, 2.24) is 0 Å². The highest BCUT2D eigenvalue weighted by molar-refractivity contribution is 9.10. The quantitative estimate of drug-likeness (QED) is 0.482. The monoisotopic (exact) mass is 380 g/mol. The van der Waals surface area contributed by atoms with Crippen molar-refractivity contribution in [3.63, 3.8) is 0 Å². The maximum Gasteiger partial charge on any atom is 0.123 e. The lowest BCUT2D eigenvalue weighted by Gasteiger charge is -2.03. The third-order valence-electron chi connectivity index (χ3n) is 3.14. The van der Waals surface area contributed by atoms with E-state index in [1.165, 1.54) is 10.9 Å². The molecular formula is C17H11BrClFS. The lowest BCUT2D eigenvalue weighted by atomic mass is 10.1. The molecule has 0 aliphatic carbocycles. The highest BCUT2D eigenvalue weighted by Crippen LogP contribution is 2.31.